The summed E-state index contributed by atoms with van der Waals surface area (Å²) in [5, 5.41) is 4.07. The second-order valence-electron chi connectivity index (χ2n) is 4.51. The Bertz CT molecular complexity index is 423. The van der Waals surface area contributed by atoms with E-state index in [4.69, 9.17) is 11.6 Å². The maximum atomic E-state index is 12.1. The highest BCUT2D eigenvalue weighted by Gasteiger charge is 2.14. The molecule has 20 heavy (non-hydrogen) atoms. The highest BCUT2D eigenvalue weighted by atomic mass is 35.5. The topological polar surface area (TPSA) is 32.3 Å². The van der Waals surface area contributed by atoms with Crippen LogP contribution < -0.4 is 5.32 Å². The Balaban J connectivity index is 0.00000200. The molecule has 0 atom stereocenters. The highest BCUT2D eigenvalue weighted by Crippen LogP contribution is 2.27. The lowest BCUT2D eigenvalue weighted by atomic mass is 10.3. The molecule has 1 amide bonds. The number of amides is 1. The number of thioether (sulfide) groups is 1. The minimum absolute atomic E-state index is 0. The zero-order valence-corrected chi connectivity index (χ0v) is 13.7. The quantitative estimate of drug-likeness (QED) is 0.859. The van der Waals surface area contributed by atoms with E-state index in [1.165, 1.54) is 0 Å². The lowest BCUT2D eigenvalue weighted by molar-refractivity contribution is -0.130. The Morgan fingerprint density at radius 2 is 2.10 bits per heavy atom. The number of hydrogen-bond donors (Lipinski definition) is 1. The number of halogens is 2. The van der Waals surface area contributed by atoms with Gasteiger partial charge in [-0.1, -0.05) is 23.7 Å². The van der Waals surface area contributed by atoms with Crippen LogP contribution in [-0.2, 0) is 4.79 Å². The normalized spacial score (nSPS) is 15.3. The van der Waals surface area contributed by atoms with Gasteiger partial charge in [0.05, 0.1) is 5.02 Å². The summed E-state index contributed by atoms with van der Waals surface area (Å²) in [6.45, 7) is 3.62. The third kappa shape index (κ3) is 5.52. The molecule has 1 aromatic carbocycles. The summed E-state index contributed by atoms with van der Waals surface area (Å²) in [6.07, 6.45) is 1.62. The molecule has 112 valence electrons. The molecule has 0 aromatic heterocycles. The zero-order valence-electron chi connectivity index (χ0n) is 11.3. The molecule has 1 saturated heterocycles. The molecule has 0 aliphatic carbocycles. The van der Waals surface area contributed by atoms with Gasteiger partial charge < -0.3 is 10.2 Å². The van der Waals surface area contributed by atoms with E-state index in [9.17, 15) is 4.79 Å². The second kappa shape index (κ2) is 9.50. The van der Waals surface area contributed by atoms with Crippen LogP contribution >= 0.6 is 35.8 Å². The summed E-state index contributed by atoms with van der Waals surface area (Å²) in [5.74, 6) is 1.04. The molecule has 3 nitrogen and oxygen atoms in total. The minimum Gasteiger partial charge on any atom is -0.341 e. The summed E-state index contributed by atoms with van der Waals surface area (Å²) < 4.78 is 0. The molecule has 1 aliphatic heterocycles. The van der Waals surface area contributed by atoms with E-state index in [2.05, 4.69) is 5.32 Å². The van der Waals surface area contributed by atoms with Gasteiger partial charge in [-0.3, -0.25) is 4.79 Å². The fraction of sp³-hybridized carbons (Fsp3) is 0.500. The Morgan fingerprint density at radius 1 is 1.30 bits per heavy atom. The van der Waals surface area contributed by atoms with Crippen molar-refractivity contribution in [3.8, 4) is 0 Å². The fourth-order valence-corrected chi connectivity index (χ4v) is 3.24. The first-order chi connectivity index (χ1) is 9.27. The van der Waals surface area contributed by atoms with Crippen molar-refractivity contribution in [2.24, 2.45) is 0 Å². The molecule has 6 heteroatoms. The average Bonchev–Trinajstić information content (AvgIpc) is 2.70. The van der Waals surface area contributed by atoms with Crippen LogP contribution in [0.1, 0.15) is 12.8 Å². The second-order valence-corrected chi connectivity index (χ2v) is 6.06. The van der Waals surface area contributed by atoms with Gasteiger partial charge in [0.2, 0.25) is 5.91 Å². The van der Waals surface area contributed by atoms with Crippen LogP contribution in [0.5, 0.6) is 0 Å². The van der Waals surface area contributed by atoms with Crippen LogP contribution in [0.15, 0.2) is 29.2 Å². The van der Waals surface area contributed by atoms with E-state index in [1.54, 1.807) is 11.8 Å². The van der Waals surface area contributed by atoms with Crippen molar-refractivity contribution in [2.75, 3.05) is 31.9 Å². The summed E-state index contributed by atoms with van der Waals surface area (Å²) >= 11 is 7.73. The van der Waals surface area contributed by atoms with Gasteiger partial charge in [-0.15, -0.1) is 24.2 Å². The van der Waals surface area contributed by atoms with Crippen molar-refractivity contribution in [1.29, 1.82) is 0 Å². The Labute approximate surface area is 135 Å². The number of nitrogens with one attached hydrogen (secondary N) is 1. The molecule has 1 aliphatic rings. The summed E-state index contributed by atoms with van der Waals surface area (Å²) in [6, 6.07) is 7.76. The molecule has 0 saturated carbocycles. The van der Waals surface area contributed by atoms with Crippen molar-refractivity contribution in [3.63, 3.8) is 0 Å². The number of hydrogen-bond acceptors (Lipinski definition) is 3. The van der Waals surface area contributed by atoms with Gasteiger partial charge >= 0.3 is 0 Å². The Morgan fingerprint density at radius 3 is 2.90 bits per heavy atom. The lowest BCUT2D eigenvalue weighted by Crippen LogP contribution is -2.34. The van der Waals surface area contributed by atoms with Gasteiger partial charge in [0.1, 0.15) is 0 Å². The molecule has 2 rings (SSSR count). The lowest BCUT2D eigenvalue weighted by Gasteiger charge is -2.19. The molecule has 1 aromatic rings. The Kier molecular flexibility index (Phi) is 8.38. The first kappa shape index (κ1) is 17.6. The van der Waals surface area contributed by atoms with E-state index in [0.29, 0.717) is 6.42 Å². The molecule has 0 bridgehead atoms. The third-order valence-electron chi connectivity index (χ3n) is 3.10. The molecule has 1 fully saturated rings. The standard InChI is InChI=1S/C14H19ClN2OS.ClH/c15-12-4-1-2-5-13(12)19-11-6-14(18)17-9-3-7-16-8-10-17;/h1-2,4-5,16H,3,6-11H2;1H. The molecule has 0 radical (unpaired) electrons. The summed E-state index contributed by atoms with van der Waals surface area (Å²) in [7, 11) is 0. The smallest absolute Gasteiger partial charge is 0.223 e. The van der Waals surface area contributed by atoms with Crippen LogP contribution in [-0.4, -0.2) is 42.7 Å². The molecule has 0 unspecified atom stereocenters. The SMILES string of the molecule is Cl.O=C(CCSc1ccccc1Cl)N1CCCNCC1. The number of rotatable bonds is 4. The molecular weight excluding hydrogens is 315 g/mol. The predicted molar refractivity (Wildman–Crippen MR) is 88.1 cm³/mol. The minimum atomic E-state index is 0. The fourth-order valence-electron chi connectivity index (χ4n) is 2.06. The van der Waals surface area contributed by atoms with Crippen molar-refractivity contribution in [1.82, 2.24) is 10.2 Å². The third-order valence-corrected chi connectivity index (χ3v) is 4.62. The predicted octanol–water partition coefficient (Wildman–Crippen LogP) is 3.07. The monoisotopic (exact) mass is 334 g/mol. The van der Waals surface area contributed by atoms with Crippen LogP contribution in [0.25, 0.3) is 0 Å². The van der Waals surface area contributed by atoms with E-state index >= 15 is 0 Å². The number of nitrogens with zero attached hydrogens (tertiary/aromatic N) is 1. The maximum Gasteiger partial charge on any atom is 0.223 e. The molecule has 0 spiro atoms. The first-order valence-electron chi connectivity index (χ1n) is 6.63. The first-order valence-corrected chi connectivity index (χ1v) is 7.99. The van der Waals surface area contributed by atoms with E-state index in [-0.39, 0.29) is 18.3 Å². The molecule has 1 heterocycles. The number of carbonyl (C=O) groups is 1. The van der Waals surface area contributed by atoms with E-state index in [1.807, 2.05) is 29.2 Å². The van der Waals surface area contributed by atoms with Crippen LogP contribution in [0.3, 0.4) is 0 Å². The van der Waals surface area contributed by atoms with Gasteiger partial charge in [0.15, 0.2) is 0 Å². The van der Waals surface area contributed by atoms with E-state index < -0.39 is 0 Å². The van der Waals surface area contributed by atoms with Crippen molar-refractivity contribution < 1.29 is 4.79 Å². The van der Waals surface area contributed by atoms with Gasteiger partial charge in [-0.05, 0) is 25.1 Å². The summed E-state index contributed by atoms with van der Waals surface area (Å²) in [5.41, 5.74) is 0. The maximum absolute atomic E-state index is 12.1. The van der Waals surface area contributed by atoms with Gasteiger partial charge in [0, 0.05) is 36.7 Å². The van der Waals surface area contributed by atoms with Crippen molar-refractivity contribution >= 4 is 41.7 Å². The zero-order chi connectivity index (χ0) is 13.5. The highest BCUT2D eigenvalue weighted by molar-refractivity contribution is 7.99. The van der Waals surface area contributed by atoms with E-state index in [0.717, 1.165) is 48.3 Å². The van der Waals surface area contributed by atoms with Crippen LogP contribution in [0.2, 0.25) is 5.02 Å². The molecule has 1 N–H and O–H groups in total. The van der Waals surface area contributed by atoms with Gasteiger partial charge in [-0.25, -0.2) is 0 Å². The van der Waals surface area contributed by atoms with Crippen LogP contribution in [0, 0.1) is 0 Å². The van der Waals surface area contributed by atoms with Crippen molar-refractivity contribution in [2.45, 2.75) is 17.7 Å². The largest absolute Gasteiger partial charge is 0.341 e. The molecular formula is C14H20Cl2N2OS. The van der Waals surface area contributed by atoms with Crippen LogP contribution in [0.4, 0.5) is 0 Å². The Hall–Kier alpha value is -0.420. The summed E-state index contributed by atoms with van der Waals surface area (Å²) in [4.78, 5) is 15.1. The van der Waals surface area contributed by atoms with Gasteiger partial charge in [0.25, 0.3) is 0 Å². The average molecular weight is 335 g/mol. The number of benzene rings is 1. The number of carbonyl (C=O) groups excluding carboxylic acids is 1. The van der Waals surface area contributed by atoms with Gasteiger partial charge in [-0.2, -0.15) is 0 Å². The van der Waals surface area contributed by atoms with Crippen molar-refractivity contribution in [3.05, 3.63) is 29.3 Å².